The first-order valence-corrected chi connectivity index (χ1v) is 7.31. The number of hydrogen-bond donors (Lipinski definition) is 1. The van der Waals surface area contributed by atoms with Gasteiger partial charge in [0.15, 0.2) is 0 Å². The highest BCUT2D eigenvalue weighted by Crippen LogP contribution is 2.30. The summed E-state index contributed by atoms with van der Waals surface area (Å²) in [6, 6.07) is 0. The van der Waals surface area contributed by atoms with Crippen LogP contribution in [0.15, 0.2) is 0 Å². The maximum Gasteiger partial charge on any atom is 0.306 e. The molecule has 1 aliphatic carbocycles. The summed E-state index contributed by atoms with van der Waals surface area (Å²) in [6.07, 6.45) is 3.75. The Hall–Kier alpha value is -0.610. The molecule has 0 heterocycles. The third-order valence-electron chi connectivity index (χ3n) is 4.19. The van der Waals surface area contributed by atoms with Gasteiger partial charge in [0.2, 0.25) is 0 Å². The Morgan fingerprint density at radius 1 is 1.26 bits per heavy atom. The van der Waals surface area contributed by atoms with E-state index in [1.807, 2.05) is 0 Å². The second-order valence-corrected chi connectivity index (χ2v) is 6.67. The minimum absolute atomic E-state index is 0.113. The van der Waals surface area contributed by atoms with Crippen molar-refractivity contribution >= 4 is 5.97 Å². The highest BCUT2D eigenvalue weighted by Gasteiger charge is 2.29. The number of aliphatic carboxylic acids is 1. The molecule has 1 N–H and O–H groups in total. The molecule has 0 aliphatic heterocycles. The summed E-state index contributed by atoms with van der Waals surface area (Å²) in [4.78, 5) is 13.4. The van der Waals surface area contributed by atoms with E-state index in [-0.39, 0.29) is 11.5 Å². The summed E-state index contributed by atoms with van der Waals surface area (Å²) in [5.74, 6) is -0.101. The second kappa shape index (κ2) is 7.25. The van der Waals surface area contributed by atoms with Crippen molar-refractivity contribution in [3.8, 4) is 0 Å². The van der Waals surface area contributed by atoms with E-state index in [4.69, 9.17) is 9.84 Å². The van der Waals surface area contributed by atoms with E-state index in [2.05, 4.69) is 25.7 Å². The van der Waals surface area contributed by atoms with Gasteiger partial charge in [-0.3, -0.25) is 9.69 Å². The zero-order valence-electron chi connectivity index (χ0n) is 12.8. The topological polar surface area (TPSA) is 49.8 Å². The fourth-order valence-corrected chi connectivity index (χ4v) is 2.81. The van der Waals surface area contributed by atoms with Gasteiger partial charge in [-0.1, -0.05) is 0 Å². The molecule has 0 radical (unpaired) electrons. The van der Waals surface area contributed by atoms with Crippen molar-refractivity contribution in [3.63, 3.8) is 0 Å². The largest absolute Gasteiger partial charge is 0.481 e. The molecule has 0 atom stereocenters. The number of carboxylic acids is 1. The zero-order chi connectivity index (χ0) is 14.5. The Bertz CT molecular complexity index is 278. The van der Waals surface area contributed by atoms with Crippen LogP contribution in [0.2, 0.25) is 0 Å². The highest BCUT2D eigenvalue weighted by atomic mass is 16.5. The molecule has 0 unspecified atom stereocenters. The molecule has 1 fully saturated rings. The van der Waals surface area contributed by atoms with Crippen LogP contribution in [-0.4, -0.2) is 48.3 Å². The lowest BCUT2D eigenvalue weighted by molar-refractivity contribution is -0.143. The molecule has 19 heavy (non-hydrogen) atoms. The molecule has 0 amide bonds. The average Bonchev–Trinajstić information content (AvgIpc) is 2.33. The van der Waals surface area contributed by atoms with Gasteiger partial charge >= 0.3 is 5.97 Å². The van der Waals surface area contributed by atoms with Crippen molar-refractivity contribution < 1.29 is 14.6 Å². The molecule has 4 nitrogen and oxygen atoms in total. The SMILES string of the molecule is COCCN(C[C@H]1CC[C@H](C(=O)O)CC1)C(C)(C)C. The van der Waals surface area contributed by atoms with E-state index in [0.717, 1.165) is 45.4 Å². The Morgan fingerprint density at radius 2 is 1.84 bits per heavy atom. The number of carboxylic acid groups (broad SMARTS) is 1. The monoisotopic (exact) mass is 271 g/mol. The molecule has 4 heteroatoms. The average molecular weight is 271 g/mol. The van der Waals surface area contributed by atoms with Gasteiger partial charge in [0.05, 0.1) is 12.5 Å². The molecule has 1 rings (SSSR count). The zero-order valence-corrected chi connectivity index (χ0v) is 12.8. The Labute approximate surface area is 117 Å². The van der Waals surface area contributed by atoms with Crippen LogP contribution in [0.25, 0.3) is 0 Å². The lowest BCUT2D eigenvalue weighted by Crippen LogP contribution is -2.46. The van der Waals surface area contributed by atoms with E-state index < -0.39 is 5.97 Å². The van der Waals surface area contributed by atoms with Crippen molar-refractivity contribution in [1.29, 1.82) is 0 Å². The van der Waals surface area contributed by atoms with Crippen LogP contribution in [0.1, 0.15) is 46.5 Å². The number of rotatable bonds is 6. The maximum absolute atomic E-state index is 11.0. The highest BCUT2D eigenvalue weighted by molar-refractivity contribution is 5.69. The lowest BCUT2D eigenvalue weighted by atomic mass is 9.81. The summed E-state index contributed by atoms with van der Waals surface area (Å²) in [5, 5.41) is 9.02. The summed E-state index contributed by atoms with van der Waals surface area (Å²) >= 11 is 0. The smallest absolute Gasteiger partial charge is 0.306 e. The predicted molar refractivity (Wildman–Crippen MR) is 76.3 cm³/mol. The Balaban J connectivity index is 2.45. The number of hydrogen-bond acceptors (Lipinski definition) is 3. The van der Waals surface area contributed by atoms with Crippen molar-refractivity contribution in [2.45, 2.75) is 52.0 Å². The van der Waals surface area contributed by atoms with Crippen LogP contribution < -0.4 is 0 Å². The molecular weight excluding hydrogens is 242 g/mol. The Kier molecular flexibility index (Phi) is 6.27. The summed E-state index contributed by atoms with van der Waals surface area (Å²) in [7, 11) is 1.74. The van der Waals surface area contributed by atoms with Crippen molar-refractivity contribution in [2.24, 2.45) is 11.8 Å². The van der Waals surface area contributed by atoms with Gasteiger partial charge in [0.1, 0.15) is 0 Å². The van der Waals surface area contributed by atoms with Crippen molar-refractivity contribution in [3.05, 3.63) is 0 Å². The third kappa shape index (κ3) is 5.49. The first-order valence-electron chi connectivity index (χ1n) is 7.31. The van der Waals surface area contributed by atoms with Gasteiger partial charge in [-0.25, -0.2) is 0 Å². The predicted octanol–water partition coefficient (Wildman–Crippen LogP) is 2.62. The third-order valence-corrected chi connectivity index (χ3v) is 4.19. The summed E-state index contributed by atoms with van der Waals surface area (Å²) in [5.41, 5.74) is 0.141. The molecular formula is C15H29NO3. The van der Waals surface area contributed by atoms with Crippen LogP contribution in [0, 0.1) is 11.8 Å². The van der Waals surface area contributed by atoms with E-state index in [0.29, 0.717) is 5.92 Å². The van der Waals surface area contributed by atoms with Crippen molar-refractivity contribution in [1.82, 2.24) is 4.90 Å². The van der Waals surface area contributed by atoms with Gasteiger partial charge in [-0.2, -0.15) is 0 Å². The van der Waals surface area contributed by atoms with Gasteiger partial charge < -0.3 is 9.84 Å². The molecule has 0 aromatic heterocycles. The summed E-state index contributed by atoms with van der Waals surface area (Å²) < 4.78 is 5.19. The van der Waals surface area contributed by atoms with Crippen LogP contribution in [0.5, 0.6) is 0 Å². The van der Waals surface area contributed by atoms with E-state index in [1.54, 1.807) is 7.11 Å². The molecule has 0 spiro atoms. The Morgan fingerprint density at radius 3 is 2.26 bits per heavy atom. The van der Waals surface area contributed by atoms with Gasteiger partial charge in [0, 0.05) is 25.7 Å². The van der Waals surface area contributed by atoms with Gasteiger partial charge in [-0.15, -0.1) is 0 Å². The number of carbonyl (C=O) groups is 1. The number of nitrogens with zero attached hydrogens (tertiary/aromatic N) is 1. The standard InChI is InChI=1S/C15H29NO3/c1-15(2,3)16(9-10-19-4)11-12-5-7-13(8-6-12)14(17)18/h12-13H,5-11H2,1-4H3,(H,17,18)/t12-,13-. The van der Waals surface area contributed by atoms with Crippen LogP contribution in [0.3, 0.4) is 0 Å². The van der Waals surface area contributed by atoms with E-state index in [1.165, 1.54) is 0 Å². The minimum atomic E-state index is -0.620. The molecule has 0 aromatic carbocycles. The van der Waals surface area contributed by atoms with Crippen LogP contribution in [-0.2, 0) is 9.53 Å². The van der Waals surface area contributed by atoms with Gasteiger partial charge in [0.25, 0.3) is 0 Å². The fourth-order valence-electron chi connectivity index (χ4n) is 2.81. The molecule has 112 valence electrons. The van der Waals surface area contributed by atoms with Crippen molar-refractivity contribution in [2.75, 3.05) is 26.8 Å². The molecule has 1 aliphatic rings. The lowest BCUT2D eigenvalue weighted by Gasteiger charge is -2.39. The number of methoxy groups -OCH3 is 1. The summed E-state index contributed by atoms with van der Waals surface area (Å²) in [6.45, 7) is 9.43. The fraction of sp³-hybridized carbons (Fsp3) is 0.933. The minimum Gasteiger partial charge on any atom is -0.481 e. The molecule has 0 saturated heterocycles. The van der Waals surface area contributed by atoms with Crippen LogP contribution in [0.4, 0.5) is 0 Å². The van der Waals surface area contributed by atoms with Gasteiger partial charge in [-0.05, 0) is 52.4 Å². The maximum atomic E-state index is 11.0. The molecule has 0 aromatic rings. The van der Waals surface area contributed by atoms with E-state index >= 15 is 0 Å². The molecule has 0 bridgehead atoms. The first kappa shape index (κ1) is 16.4. The quantitative estimate of drug-likeness (QED) is 0.807. The molecule has 1 saturated carbocycles. The number of ether oxygens (including phenoxy) is 1. The first-order chi connectivity index (χ1) is 8.84. The second-order valence-electron chi connectivity index (χ2n) is 6.67. The van der Waals surface area contributed by atoms with Crippen LogP contribution >= 0.6 is 0 Å². The van der Waals surface area contributed by atoms with E-state index in [9.17, 15) is 4.79 Å². The normalized spacial score (nSPS) is 24.7.